The fraction of sp³-hybridized carbons (Fsp3) is 0.111. The summed E-state index contributed by atoms with van der Waals surface area (Å²) in [6.45, 7) is 0. The summed E-state index contributed by atoms with van der Waals surface area (Å²) in [7, 11) is 0. The number of rotatable bonds is 2. The average Bonchev–Trinajstić information content (AvgIpc) is 2.73. The second-order valence-electron chi connectivity index (χ2n) is 2.76. The van der Waals surface area contributed by atoms with E-state index in [-0.39, 0.29) is 6.04 Å². The van der Waals surface area contributed by atoms with Gasteiger partial charge in [0.1, 0.15) is 0 Å². The minimum absolute atomic E-state index is 0.311. The van der Waals surface area contributed by atoms with Crippen molar-refractivity contribution in [1.29, 1.82) is 0 Å². The van der Waals surface area contributed by atoms with Gasteiger partial charge in [-0.25, -0.2) is 0 Å². The maximum absolute atomic E-state index is 5.99. The van der Waals surface area contributed by atoms with Crippen molar-refractivity contribution in [3.63, 3.8) is 0 Å². The van der Waals surface area contributed by atoms with E-state index < -0.39 is 0 Å². The summed E-state index contributed by atoms with van der Waals surface area (Å²) in [6, 6.07) is 3.26. The van der Waals surface area contributed by atoms with Gasteiger partial charge in [-0.05, 0) is 29.1 Å². The summed E-state index contributed by atoms with van der Waals surface area (Å²) in [5.41, 5.74) is 6.75. The highest BCUT2D eigenvalue weighted by Gasteiger charge is 2.18. The third-order valence-electron chi connectivity index (χ3n) is 1.91. The summed E-state index contributed by atoms with van der Waals surface area (Å²) in [4.78, 5) is 0.898. The molecule has 0 aliphatic heterocycles. The third kappa shape index (κ3) is 1.68. The minimum atomic E-state index is -0.311. The van der Waals surface area contributed by atoms with E-state index in [1.807, 2.05) is 11.4 Å². The summed E-state index contributed by atoms with van der Waals surface area (Å²) >= 11 is 13.3. The van der Waals surface area contributed by atoms with Crippen molar-refractivity contribution in [2.75, 3.05) is 0 Å². The average molecular weight is 248 g/mol. The van der Waals surface area contributed by atoms with Gasteiger partial charge in [-0.2, -0.15) is 0 Å². The topological polar surface area (TPSA) is 39.2 Å². The van der Waals surface area contributed by atoms with E-state index in [2.05, 4.69) is 0 Å². The summed E-state index contributed by atoms with van der Waals surface area (Å²) in [5.74, 6) is 0. The van der Waals surface area contributed by atoms with Crippen LogP contribution >= 0.6 is 34.5 Å². The van der Waals surface area contributed by atoms with Gasteiger partial charge in [0, 0.05) is 10.4 Å². The van der Waals surface area contributed by atoms with Crippen LogP contribution in [0.1, 0.15) is 16.5 Å². The van der Waals surface area contributed by atoms with Crippen LogP contribution < -0.4 is 5.73 Å². The highest BCUT2D eigenvalue weighted by Crippen LogP contribution is 2.34. The van der Waals surface area contributed by atoms with Crippen molar-refractivity contribution in [1.82, 2.24) is 0 Å². The molecule has 0 saturated heterocycles. The Morgan fingerprint density at radius 3 is 2.64 bits per heavy atom. The molecule has 0 amide bonds. The Hall–Kier alpha value is -0.480. The smallest absolute Gasteiger partial charge is 0.198 e. The fourth-order valence-corrected chi connectivity index (χ4v) is 2.62. The van der Waals surface area contributed by atoms with Crippen LogP contribution in [0.15, 0.2) is 28.2 Å². The van der Waals surface area contributed by atoms with Gasteiger partial charge in [0.2, 0.25) is 0 Å². The molecule has 74 valence electrons. The predicted octanol–water partition coefficient (Wildman–Crippen LogP) is 3.70. The third-order valence-corrected chi connectivity index (χ3v) is 3.66. The molecular weight excluding hydrogens is 241 g/mol. The van der Waals surface area contributed by atoms with Gasteiger partial charge in [-0.15, -0.1) is 11.3 Å². The molecule has 0 bridgehead atoms. The predicted molar refractivity (Wildman–Crippen MR) is 59.1 cm³/mol. The second-order valence-corrected chi connectivity index (χ2v) is 4.46. The van der Waals surface area contributed by atoms with Gasteiger partial charge in [0.15, 0.2) is 5.22 Å². The molecule has 0 radical (unpaired) electrons. The molecule has 5 heteroatoms. The quantitative estimate of drug-likeness (QED) is 0.880. The van der Waals surface area contributed by atoms with E-state index >= 15 is 0 Å². The molecule has 0 aliphatic carbocycles. The molecule has 1 unspecified atom stereocenters. The lowest BCUT2D eigenvalue weighted by Crippen LogP contribution is -2.09. The monoisotopic (exact) mass is 247 g/mol. The van der Waals surface area contributed by atoms with Gasteiger partial charge in [-0.3, -0.25) is 0 Å². The SMILES string of the molecule is NC(c1ccoc1Cl)c1sccc1Cl. The van der Waals surface area contributed by atoms with Crippen LogP contribution in [0.25, 0.3) is 0 Å². The summed E-state index contributed by atoms with van der Waals surface area (Å²) in [5, 5.41) is 2.88. The van der Waals surface area contributed by atoms with Crippen LogP contribution in [0.4, 0.5) is 0 Å². The molecule has 2 nitrogen and oxygen atoms in total. The van der Waals surface area contributed by atoms with E-state index in [4.69, 9.17) is 33.4 Å². The van der Waals surface area contributed by atoms with Crippen LogP contribution in [0.3, 0.4) is 0 Å². The molecule has 0 aromatic carbocycles. The molecule has 0 fully saturated rings. The second kappa shape index (κ2) is 3.95. The van der Waals surface area contributed by atoms with Gasteiger partial charge < -0.3 is 10.2 Å². The largest absolute Gasteiger partial charge is 0.453 e. The maximum atomic E-state index is 5.99. The number of hydrogen-bond donors (Lipinski definition) is 1. The molecule has 2 N–H and O–H groups in total. The normalized spacial score (nSPS) is 13.1. The van der Waals surface area contributed by atoms with Crippen molar-refractivity contribution in [3.8, 4) is 0 Å². The molecule has 0 saturated carbocycles. The number of furan rings is 1. The molecule has 2 aromatic heterocycles. The maximum Gasteiger partial charge on any atom is 0.198 e. The zero-order valence-electron chi connectivity index (χ0n) is 7.04. The van der Waals surface area contributed by atoms with E-state index in [1.54, 1.807) is 6.07 Å². The Bertz CT molecular complexity index is 397. The number of nitrogens with two attached hydrogens (primary N) is 1. The molecule has 1 atom stereocenters. The lowest BCUT2D eigenvalue weighted by atomic mass is 10.1. The van der Waals surface area contributed by atoms with Gasteiger partial charge in [0.05, 0.1) is 17.3 Å². The van der Waals surface area contributed by atoms with Crippen LogP contribution in [-0.4, -0.2) is 0 Å². The first-order valence-corrected chi connectivity index (χ1v) is 5.55. The molecule has 0 aliphatic rings. The van der Waals surface area contributed by atoms with Crippen molar-refractivity contribution in [2.45, 2.75) is 6.04 Å². The molecule has 14 heavy (non-hydrogen) atoms. The standard InChI is InChI=1S/C9H7Cl2NOS/c10-6-2-4-14-8(6)7(12)5-1-3-13-9(5)11/h1-4,7H,12H2. The van der Waals surface area contributed by atoms with Crippen LogP contribution in [0.2, 0.25) is 10.2 Å². The Kier molecular flexibility index (Phi) is 2.83. The molecule has 2 rings (SSSR count). The highest BCUT2D eigenvalue weighted by molar-refractivity contribution is 7.10. The zero-order valence-corrected chi connectivity index (χ0v) is 9.36. The summed E-state index contributed by atoms with van der Waals surface area (Å²) in [6.07, 6.45) is 1.51. The Morgan fingerprint density at radius 1 is 1.36 bits per heavy atom. The van der Waals surface area contributed by atoms with E-state index in [0.717, 1.165) is 10.4 Å². The van der Waals surface area contributed by atoms with E-state index in [1.165, 1.54) is 17.6 Å². The molecule has 2 aromatic rings. The molecular formula is C9H7Cl2NOS. The van der Waals surface area contributed by atoms with Gasteiger partial charge in [0.25, 0.3) is 0 Å². The zero-order chi connectivity index (χ0) is 10.1. The number of halogens is 2. The van der Waals surface area contributed by atoms with Crippen molar-refractivity contribution in [2.24, 2.45) is 5.73 Å². The first-order chi connectivity index (χ1) is 6.70. The van der Waals surface area contributed by atoms with Crippen LogP contribution in [0, 0.1) is 0 Å². The Labute approximate surface area is 95.2 Å². The van der Waals surface area contributed by atoms with Crippen molar-refractivity contribution in [3.05, 3.63) is 44.5 Å². The molecule has 2 heterocycles. The lowest BCUT2D eigenvalue weighted by Gasteiger charge is -2.07. The summed E-state index contributed by atoms with van der Waals surface area (Å²) < 4.78 is 4.97. The van der Waals surface area contributed by atoms with Gasteiger partial charge in [-0.1, -0.05) is 11.6 Å². The van der Waals surface area contributed by atoms with E-state index in [9.17, 15) is 0 Å². The highest BCUT2D eigenvalue weighted by atomic mass is 35.5. The Balaban J connectivity index is 2.38. The number of thiophene rings is 1. The lowest BCUT2D eigenvalue weighted by molar-refractivity contribution is 0.564. The number of hydrogen-bond acceptors (Lipinski definition) is 3. The van der Waals surface area contributed by atoms with Crippen LogP contribution in [-0.2, 0) is 0 Å². The molecule has 0 spiro atoms. The Morgan fingerprint density at radius 2 is 2.14 bits per heavy atom. The van der Waals surface area contributed by atoms with Crippen molar-refractivity contribution < 1.29 is 4.42 Å². The van der Waals surface area contributed by atoms with E-state index in [0.29, 0.717) is 10.2 Å². The van der Waals surface area contributed by atoms with Crippen LogP contribution in [0.5, 0.6) is 0 Å². The van der Waals surface area contributed by atoms with Gasteiger partial charge >= 0.3 is 0 Å². The fourth-order valence-electron chi connectivity index (χ4n) is 1.20. The minimum Gasteiger partial charge on any atom is -0.453 e. The first kappa shape index (κ1) is 10.1. The van der Waals surface area contributed by atoms with Crippen molar-refractivity contribution >= 4 is 34.5 Å². The first-order valence-electron chi connectivity index (χ1n) is 3.91.